The first-order valence-electron chi connectivity index (χ1n) is 7.12. The van der Waals surface area contributed by atoms with Gasteiger partial charge in [0.2, 0.25) is 5.91 Å². The van der Waals surface area contributed by atoms with Gasteiger partial charge >= 0.3 is 0 Å². The van der Waals surface area contributed by atoms with E-state index < -0.39 is 0 Å². The molecular formula is C16H15N3O3S2. The fraction of sp³-hybridized carbons (Fsp3) is 0.188. The Bertz CT molecular complexity index is 949. The highest BCUT2D eigenvalue weighted by molar-refractivity contribution is 7.99. The van der Waals surface area contributed by atoms with Crippen LogP contribution in [-0.2, 0) is 4.79 Å². The predicted octanol–water partition coefficient (Wildman–Crippen LogP) is 3.03. The van der Waals surface area contributed by atoms with Crippen molar-refractivity contribution in [1.82, 2.24) is 9.97 Å². The van der Waals surface area contributed by atoms with Crippen LogP contribution in [0.4, 0.5) is 5.69 Å². The Balaban J connectivity index is 1.69. The maximum Gasteiger partial charge on any atom is 0.260 e. The molecule has 24 heavy (non-hydrogen) atoms. The molecule has 124 valence electrons. The van der Waals surface area contributed by atoms with Gasteiger partial charge < -0.3 is 15.0 Å². The van der Waals surface area contributed by atoms with Gasteiger partial charge in [-0.05, 0) is 30.0 Å². The van der Waals surface area contributed by atoms with E-state index in [1.807, 2.05) is 24.4 Å². The van der Waals surface area contributed by atoms with E-state index in [2.05, 4.69) is 15.3 Å². The Morgan fingerprint density at radius 1 is 1.42 bits per heavy atom. The minimum atomic E-state index is -0.199. The number of hydrogen-bond donors (Lipinski definition) is 2. The van der Waals surface area contributed by atoms with Gasteiger partial charge in [-0.3, -0.25) is 9.59 Å². The number of amides is 1. The second-order valence-electron chi connectivity index (χ2n) is 5.01. The summed E-state index contributed by atoms with van der Waals surface area (Å²) in [5.74, 6) is 0.532. The fourth-order valence-electron chi connectivity index (χ4n) is 2.21. The molecule has 0 spiro atoms. The number of aryl methyl sites for hydroxylation is 1. The number of nitrogens with zero attached hydrogens (tertiary/aromatic N) is 1. The highest BCUT2D eigenvalue weighted by atomic mass is 32.2. The van der Waals surface area contributed by atoms with Crippen LogP contribution in [0.1, 0.15) is 5.56 Å². The molecule has 2 heterocycles. The molecule has 1 aromatic carbocycles. The zero-order valence-electron chi connectivity index (χ0n) is 13.1. The van der Waals surface area contributed by atoms with Gasteiger partial charge in [0.25, 0.3) is 5.56 Å². The van der Waals surface area contributed by atoms with E-state index in [9.17, 15) is 9.59 Å². The Morgan fingerprint density at radius 3 is 3.00 bits per heavy atom. The molecule has 0 aliphatic rings. The van der Waals surface area contributed by atoms with Gasteiger partial charge in [0.15, 0.2) is 5.16 Å². The molecule has 0 fully saturated rings. The maximum atomic E-state index is 12.1. The Labute approximate surface area is 146 Å². The molecule has 0 atom stereocenters. The van der Waals surface area contributed by atoms with Crippen molar-refractivity contribution in [3.63, 3.8) is 0 Å². The van der Waals surface area contributed by atoms with E-state index in [1.54, 1.807) is 19.2 Å². The van der Waals surface area contributed by atoms with Gasteiger partial charge in [-0.2, -0.15) is 0 Å². The lowest BCUT2D eigenvalue weighted by molar-refractivity contribution is -0.113. The highest BCUT2D eigenvalue weighted by Crippen LogP contribution is 2.24. The number of ether oxygens (including phenoxy) is 1. The minimum absolute atomic E-state index is 0.136. The number of aromatic amines is 1. The van der Waals surface area contributed by atoms with Crippen LogP contribution in [0.3, 0.4) is 0 Å². The van der Waals surface area contributed by atoms with E-state index in [0.717, 1.165) is 5.56 Å². The summed E-state index contributed by atoms with van der Waals surface area (Å²) in [5, 5.41) is 5.73. The third-order valence-corrected chi connectivity index (χ3v) is 5.19. The van der Waals surface area contributed by atoms with Crippen LogP contribution in [0.2, 0.25) is 0 Å². The number of rotatable bonds is 5. The molecule has 2 N–H and O–H groups in total. The van der Waals surface area contributed by atoms with Crippen molar-refractivity contribution in [2.24, 2.45) is 0 Å². The van der Waals surface area contributed by atoms with Crippen LogP contribution in [0, 0.1) is 6.92 Å². The number of hydrogen-bond acceptors (Lipinski definition) is 6. The summed E-state index contributed by atoms with van der Waals surface area (Å²) in [6.07, 6.45) is 0. The Hall–Kier alpha value is -2.32. The van der Waals surface area contributed by atoms with Crippen molar-refractivity contribution in [3.8, 4) is 5.75 Å². The number of fused-ring (bicyclic) bond motifs is 1. The SMILES string of the molecule is COc1ccccc1NC(=O)CSc1nc2scc(C)c2c(=O)[nH]1. The van der Waals surface area contributed by atoms with E-state index in [1.165, 1.54) is 23.1 Å². The molecule has 0 radical (unpaired) electrons. The van der Waals surface area contributed by atoms with Gasteiger partial charge in [0.05, 0.1) is 23.9 Å². The lowest BCUT2D eigenvalue weighted by atomic mass is 10.3. The van der Waals surface area contributed by atoms with Crippen LogP contribution >= 0.6 is 23.1 Å². The molecule has 3 rings (SSSR count). The number of anilines is 1. The Kier molecular flexibility index (Phi) is 4.86. The van der Waals surface area contributed by atoms with Crippen molar-refractivity contribution >= 4 is 44.9 Å². The number of methoxy groups -OCH3 is 1. The average Bonchev–Trinajstić information content (AvgIpc) is 2.95. The highest BCUT2D eigenvalue weighted by Gasteiger charge is 2.11. The minimum Gasteiger partial charge on any atom is -0.495 e. The van der Waals surface area contributed by atoms with Crippen molar-refractivity contribution in [2.45, 2.75) is 12.1 Å². The van der Waals surface area contributed by atoms with Crippen molar-refractivity contribution in [1.29, 1.82) is 0 Å². The van der Waals surface area contributed by atoms with Gasteiger partial charge in [0, 0.05) is 0 Å². The molecule has 0 saturated heterocycles. The number of nitrogens with one attached hydrogen (secondary N) is 2. The molecule has 3 aromatic rings. The molecule has 6 nitrogen and oxygen atoms in total. The van der Waals surface area contributed by atoms with Gasteiger partial charge in [-0.25, -0.2) is 4.98 Å². The molecule has 0 aliphatic heterocycles. The number of carbonyl (C=O) groups excluding carboxylic acids is 1. The second-order valence-corrected chi connectivity index (χ2v) is 6.83. The van der Waals surface area contributed by atoms with Crippen LogP contribution in [0.5, 0.6) is 5.75 Å². The Morgan fingerprint density at radius 2 is 2.21 bits per heavy atom. The number of aromatic nitrogens is 2. The van der Waals surface area contributed by atoms with Crippen LogP contribution in [0.25, 0.3) is 10.2 Å². The van der Waals surface area contributed by atoms with Gasteiger partial charge in [-0.15, -0.1) is 11.3 Å². The smallest absolute Gasteiger partial charge is 0.260 e. The lowest BCUT2D eigenvalue weighted by Crippen LogP contribution is -2.16. The summed E-state index contributed by atoms with van der Waals surface area (Å²) < 4.78 is 5.20. The lowest BCUT2D eigenvalue weighted by Gasteiger charge is -2.09. The first kappa shape index (κ1) is 16.5. The third kappa shape index (κ3) is 3.44. The van der Waals surface area contributed by atoms with Crippen LogP contribution in [0.15, 0.2) is 39.6 Å². The summed E-state index contributed by atoms with van der Waals surface area (Å²) in [6, 6.07) is 7.18. The van der Waals surface area contributed by atoms with Crippen LogP contribution < -0.4 is 15.6 Å². The fourth-order valence-corrected chi connectivity index (χ4v) is 3.85. The quantitative estimate of drug-likeness (QED) is 0.539. The molecule has 8 heteroatoms. The monoisotopic (exact) mass is 361 g/mol. The van der Waals surface area contributed by atoms with E-state index in [0.29, 0.717) is 26.8 Å². The predicted molar refractivity (Wildman–Crippen MR) is 97.3 cm³/mol. The third-order valence-electron chi connectivity index (χ3n) is 3.33. The van der Waals surface area contributed by atoms with E-state index in [-0.39, 0.29) is 17.2 Å². The molecule has 0 unspecified atom stereocenters. The van der Waals surface area contributed by atoms with Gasteiger partial charge in [-0.1, -0.05) is 23.9 Å². The second kappa shape index (κ2) is 7.06. The number of benzene rings is 1. The van der Waals surface area contributed by atoms with Gasteiger partial charge in [0.1, 0.15) is 10.6 Å². The van der Waals surface area contributed by atoms with E-state index >= 15 is 0 Å². The first-order chi connectivity index (χ1) is 11.6. The van der Waals surface area contributed by atoms with Crippen molar-refractivity contribution in [3.05, 3.63) is 45.6 Å². The maximum absolute atomic E-state index is 12.1. The zero-order valence-corrected chi connectivity index (χ0v) is 14.7. The largest absolute Gasteiger partial charge is 0.495 e. The normalized spacial score (nSPS) is 10.8. The summed E-state index contributed by atoms with van der Waals surface area (Å²) in [7, 11) is 1.55. The van der Waals surface area contributed by atoms with E-state index in [4.69, 9.17) is 4.74 Å². The van der Waals surface area contributed by atoms with Crippen molar-refractivity contribution in [2.75, 3.05) is 18.2 Å². The zero-order chi connectivity index (χ0) is 17.1. The number of thioether (sulfide) groups is 1. The number of thiophene rings is 1. The summed E-state index contributed by atoms with van der Waals surface area (Å²) >= 11 is 2.61. The summed E-state index contributed by atoms with van der Waals surface area (Å²) in [4.78, 5) is 32.0. The van der Waals surface area contributed by atoms with Crippen LogP contribution in [-0.4, -0.2) is 28.7 Å². The standard InChI is InChI=1S/C16H15N3O3S2/c1-9-7-23-15-13(9)14(21)18-16(19-15)24-8-12(20)17-10-5-3-4-6-11(10)22-2/h3-7H,8H2,1-2H3,(H,17,20)(H,18,19,21). The number of carbonyl (C=O) groups is 1. The molecule has 1 amide bonds. The average molecular weight is 361 g/mol. The molecule has 0 saturated carbocycles. The molecule has 0 aliphatic carbocycles. The topological polar surface area (TPSA) is 84.1 Å². The summed E-state index contributed by atoms with van der Waals surface area (Å²) in [6.45, 7) is 1.88. The summed E-state index contributed by atoms with van der Waals surface area (Å²) in [5.41, 5.74) is 1.34. The molecule has 2 aromatic heterocycles. The number of para-hydroxylation sites is 2. The molecular weight excluding hydrogens is 346 g/mol. The van der Waals surface area contributed by atoms with Crippen molar-refractivity contribution < 1.29 is 9.53 Å². The molecule has 0 bridgehead atoms. The first-order valence-corrected chi connectivity index (χ1v) is 8.99. The number of H-pyrrole nitrogens is 1.